The van der Waals surface area contributed by atoms with Crippen molar-refractivity contribution in [2.45, 2.75) is 61.3 Å². The van der Waals surface area contributed by atoms with Crippen LogP contribution in [0.15, 0.2) is 41.4 Å². The lowest BCUT2D eigenvalue weighted by molar-refractivity contribution is -0.341. The third-order valence-electron chi connectivity index (χ3n) is 6.28. The third-order valence-corrected chi connectivity index (χ3v) is 6.28. The van der Waals surface area contributed by atoms with E-state index < -0.39 is 74.6 Å². The molecule has 0 saturated carbocycles. The predicted octanol–water partition coefficient (Wildman–Crippen LogP) is -2.41. The maximum atomic E-state index is 10.7. The van der Waals surface area contributed by atoms with Crippen LogP contribution in [-0.2, 0) is 14.2 Å². The normalized spacial score (nSPS) is 38.3. The molecular weight excluding hydrogens is 466 g/mol. The van der Waals surface area contributed by atoms with E-state index in [1.54, 1.807) is 18.2 Å². The Hall–Kier alpha value is -2.23. The van der Waals surface area contributed by atoms with Crippen molar-refractivity contribution in [1.29, 1.82) is 0 Å². The number of hydrogen-bond donors (Lipinski definition) is 8. The Bertz CT molecular complexity index is 1030. The average molecular weight is 495 g/mol. The quantitative estimate of drug-likeness (QED) is 0.198. The van der Waals surface area contributed by atoms with Crippen LogP contribution in [0, 0.1) is 0 Å². The van der Waals surface area contributed by atoms with E-state index in [0.717, 1.165) is 5.39 Å². The number of fused-ring (bicyclic) bond motifs is 1. The van der Waals surface area contributed by atoms with Crippen LogP contribution in [0.5, 0.6) is 5.75 Å². The molecule has 0 amide bonds. The van der Waals surface area contributed by atoms with Gasteiger partial charge in [-0.05, 0) is 16.8 Å². The first kappa shape index (κ1) is 25.9. The Kier molecular flexibility index (Phi) is 7.98. The van der Waals surface area contributed by atoms with Gasteiger partial charge in [-0.25, -0.2) is 0 Å². The minimum atomic E-state index is -1.75. The highest BCUT2D eigenvalue weighted by Gasteiger charge is 2.50. The zero-order valence-electron chi connectivity index (χ0n) is 18.5. The molecule has 12 nitrogen and oxygen atoms in total. The number of phenols is 1. The summed E-state index contributed by atoms with van der Waals surface area (Å²) < 4.78 is 16.4. The van der Waals surface area contributed by atoms with Crippen LogP contribution < -0.4 is 0 Å². The fourth-order valence-electron chi connectivity index (χ4n) is 4.26. The Morgan fingerprint density at radius 2 is 1.51 bits per heavy atom. The summed E-state index contributed by atoms with van der Waals surface area (Å²) >= 11 is 0. The van der Waals surface area contributed by atoms with Crippen molar-refractivity contribution in [3.05, 3.63) is 42.0 Å². The Labute approximate surface area is 199 Å². The smallest absolute Gasteiger partial charge is 0.187 e. The summed E-state index contributed by atoms with van der Waals surface area (Å²) in [6, 6.07) is 10.5. The highest BCUT2D eigenvalue weighted by atomic mass is 16.7. The van der Waals surface area contributed by atoms with E-state index in [9.17, 15) is 40.9 Å². The molecule has 0 bridgehead atoms. The Morgan fingerprint density at radius 1 is 0.800 bits per heavy atom. The van der Waals surface area contributed by atoms with Gasteiger partial charge in [-0.3, -0.25) is 4.99 Å². The van der Waals surface area contributed by atoms with Crippen LogP contribution in [-0.4, -0.2) is 122 Å². The van der Waals surface area contributed by atoms with Gasteiger partial charge in [0.15, 0.2) is 12.5 Å². The topological polar surface area (TPSA) is 202 Å². The molecule has 192 valence electrons. The number of phenolic OH excluding ortho intramolecular Hbond substituents is 1. The summed E-state index contributed by atoms with van der Waals surface area (Å²) in [4.78, 5) is 4.17. The molecule has 2 heterocycles. The van der Waals surface area contributed by atoms with Gasteiger partial charge < -0.3 is 55.1 Å². The molecule has 0 radical (unpaired) electrons. The molecule has 2 aliphatic rings. The molecule has 2 fully saturated rings. The molecule has 2 aromatic rings. The van der Waals surface area contributed by atoms with E-state index in [1.807, 2.05) is 12.1 Å². The monoisotopic (exact) mass is 495 g/mol. The largest absolute Gasteiger partial charge is 0.507 e. The van der Waals surface area contributed by atoms with E-state index in [-0.39, 0.29) is 5.75 Å². The van der Waals surface area contributed by atoms with Crippen LogP contribution in [0.4, 0.5) is 0 Å². The maximum absolute atomic E-state index is 10.7. The summed E-state index contributed by atoms with van der Waals surface area (Å²) in [7, 11) is 0. The molecule has 8 N–H and O–H groups in total. The summed E-state index contributed by atoms with van der Waals surface area (Å²) in [6.45, 7) is -1.35. The molecule has 0 aliphatic carbocycles. The second kappa shape index (κ2) is 10.8. The number of aromatic hydroxyl groups is 1. The standard InChI is InChI=1S/C23H29NO11/c25-8-14-16(28)17(29)20(32)23(34-14)35-21-15(9-26)33-22(19(31)18(21)30)24-7-12-11-4-2-1-3-10(11)5-6-13(12)27/h1-7,14-23,25-32H,8-9H2/b24-7+/t14-,15-,16+,17+,18-,19-,20-,21-,22?,23+/m1/s1. The number of aliphatic imine (C=N–C) groups is 1. The highest BCUT2D eigenvalue weighted by Crippen LogP contribution is 2.30. The number of benzene rings is 2. The number of hydrogen-bond acceptors (Lipinski definition) is 12. The lowest BCUT2D eigenvalue weighted by Gasteiger charge is -2.45. The van der Waals surface area contributed by atoms with Crippen molar-refractivity contribution in [2.75, 3.05) is 13.2 Å². The van der Waals surface area contributed by atoms with Gasteiger partial charge in [0.05, 0.1) is 13.2 Å². The fraction of sp³-hybridized carbons (Fsp3) is 0.522. The first-order valence-corrected chi connectivity index (χ1v) is 11.1. The molecule has 0 spiro atoms. The van der Waals surface area contributed by atoms with Crippen molar-refractivity contribution >= 4 is 17.0 Å². The van der Waals surface area contributed by atoms with Crippen molar-refractivity contribution in [2.24, 2.45) is 4.99 Å². The SMILES string of the molecule is OC[C@H]1O[C@@H](O[C@H]2[C@H](O)[C@@H](O)C(/N=C/c3c(O)ccc4ccccc34)O[C@@H]2CO)[C@H](O)[C@@H](O)[C@H]1O. The van der Waals surface area contributed by atoms with Gasteiger partial charge in [-0.15, -0.1) is 0 Å². The van der Waals surface area contributed by atoms with E-state index in [0.29, 0.717) is 10.9 Å². The average Bonchev–Trinajstić information content (AvgIpc) is 2.87. The molecule has 0 aromatic heterocycles. The molecule has 35 heavy (non-hydrogen) atoms. The zero-order chi connectivity index (χ0) is 25.3. The van der Waals surface area contributed by atoms with E-state index >= 15 is 0 Å². The fourth-order valence-corrected chi connectivity index (χ4v) is 4.26. The van der Waals surface area contributed by atoms with E-state index in [2.05, 4.69) is 4.99 Å². The molecule has 12 heteroatoms. The lowest BCUT2D eigenvalue weighted by Crippen LogP contribution is -2.64. The van der Waals surface area contributed by atoms with Gasteiger partial charge in [0.25, 0.3) is 0 Å². The van der Waals surface area contributed by atoms with Crippen molar-refractivity contribution < 1.29 is 55.1 Å². The molecule has 1 unspecified atom stereocenters. The Balaban J connectivity index is 1.52. The number of aliphatic hydroxyl groups is 7. The molecular formula is C23H29NO11. The zero-order valence-corrected chi connectivity index (χ0v) is 18.5. The third kappa shape index (κ3) is 5.04. The molecule has 2 aromatic carbocycles. The van der Waals surface area contributed by atoms with Crippen molar-refractivity contribution in [1.82, 2.24) is 0 Å². The van der Waals surface area contributed by atoms with Gasteiger partial charge in [-0.2, -0.15) is 0 Å². The van der Waals surface area contributed by atoms with Gasteiger partial charge in [0.1, 0.15) is 54.6 Å². The molecule has 4 rings (SSSR count). The second-order valence-electron chi connectivity index (χ2n) is 8.52. The first-order chi connectivity index (χ1) is 16.8. The van der Waals surface area contributed by atoms with E-state index in [1.165, 1.54) is 12.3 Å². The number of aliphatic hydroxyl groups excluding tert-OH is 7. The summed E-state index contributed by atoms with van der Waals surface area (Å²) in [5.41, 5.74) is 0.369. The van der Waals surface area contributed by atoms with Gasteiger partial charge in [0.2, 0.25) is 0 Å². The van der Waals surface area contributed by atoms with Crippen LogP contribution in [0.1, 0.15) is 5.56 Å². The maximum Gasteiger partial charge on any atom is 0.187 e. The number of rotatable bonds is 6. The highest BCUT2D eigenvalue weighted by molar-refractivity contribution is 6.02. The van der Waals surface area contributed by atoms with Gasteiger partial charge in [-0.1, -0.05) is 30.3 Å². The summed E-state index contributed by atoms with van der Waals surface area (Å²) in [5, 5.41) is 82.4. The van der Waals surface area contributed by atoms with Crippen molar-refractivity contribution in [3.8, 4) is 5.75 Å². The minimum absolute atomic E-state index is 0.0548. The first-order valence-electron chi connectivity index (χ1n) is 11.1. The second-order valence-corrected chi connectivity index (χ2v) is 8.52. The Morgan fingerprint density at radius 3 is 2.23 bits per heavy atom. The van der Waals surface area contributed by atoms with Crippen molar-refractivity contribution in [3.63, 3.8) is 0 Å². The van der Waals surface area contributed by atoms with Crippen LogP contribution in [0.25, 0.3) is 10.8 Å². The summed E-state index contributed by atoms with van der Waals surface area (Å²) in [6.07, 6.45) is -13.9. The number of ether oxygens (including phenoxy) is 3. The minimum Gasteiger partial charge on any atom is -0.507 e. The van der Waals surface area contributed by atoms with Crippen LogP contribution >= 0.6 is 0 Å². The lowest BCUT2D eigenvalue weighted by atomic mass is 9.96. The summed E-state index contributed by atoms with van der Waals surface area (Å²) in [5.74, 6) is -0.0548. The number of nitrogens with zero attached hydrogens (tertiary/aromatic N) is 1. The van der Waals surface area contributed by atoms with E-state index in [4.69, 9.17) is 14.2 Å². The van der Waals surface area contributed by atoms with Gasteiger partial charge >= 0.3 is 0 Å². The van der Waals surface area contributed by atoms with Crippen LogP contribution in [0.2, 0.25) is 0 Å². The molecule has 2 aliphatic heterocycles. The van der Waals surface area contributed by atoms with Crippen LogP contribution in [0.3, 0.4) is 0 Å². The molecule has 2 saturated heterocycles. The van der Waals surface area contributed by atoms with Gasteiger partial charge in [0, 0.05) is 11.8 Å². The predicted molar refractivity (Wildman–Crippen MR) is 120 cm³/mol. The molecule has 10 atom stereocenters.